The van der Waals surface area contributed by atoms with Crippen LogP contribution in [0.3, 0.4) is 0 Å². The second-order valence-electron chi connectivity index (χ2n) is 5.13. The van der Waals surface area contributed by atoms with Crippen LogP contribution in [-0.2, 0) is 5.75 Å². The molecule has 1 heterocycles. The van der Waals surface area contributed by atoms with E-state index in [0.717, 1.165) is 12.1 Å². The molecule has 0 N–H and O–H groups in total. The molecule has 1 aliphatic rings. The highest BCUT2D eigenvalue weighted by Gasteiger charge is 2.26. The van der Waals surface area contributed by atoms with E-state index in [2.05, 4.69) is 4.99 Å². The highest BCUT2D eigenvalue weighted by atomic mass is 32.2. The highest BCUT2D eigenvalue weighted by Crippen LogP contribution is 2.23. The zero-order valence-electron chi connectivity index (χ0n) is 12.5. The van der Waals surface area contributed by atoms with Gasteiger partial charge in [0, 0.05) is 17.9 Å². The van der Waals surface area contributed by atoms with Gasteiger partial charge in [-0.15, -0.1) is 0 Å². The van der Waals surface area contributed by atoms with E-state index in [1.165, 1.54) is 28.8 Å². The molecule has 0 radical (unpaired) electrons. The molecule has 3 rings (SSSR count). The van der Waals surface area contributed by atoms with E-state index in [0.29, 0.717) is 29.6 Å². The third-order valence-corrected chi connectivity index (χ3v) is 4.59. The van der Waals surface area contributed by atoms with Gasteiger partial charge >= 0.3 is 0 Å². The number of nitrogens with zero attached hydrogens (tertiary/aromatic N) is 2. The van der Waals surface area contributed by atoms with Gasteiger partial charge in [0.2, 0.25) is 0 Å². The monoisotopic (exact) mass is 350 g/mol. The molecular weight excluding hydrogens is 337 g/mol. The van der Waals surface area contributed by atoms with Gasteiger partial charge in [0.1, 0.15) is 5.82 Å². The molecule has 2 aromatic rings. The maximum absolute atomic E-state index is 13.7. The number of hydrogen-bond donors (Lipinski definition) is 0. The molecule has 0 unspecified atom stereocenters. The Kier molecular flexibility index (Phi) is 4.89. The molecule has 0 aromatic heterocycles. The van der Waals surface area contributed by atoms with Gasteiger partial charge in [0.25, 0.3) is 5.91 Å². The fourth-order valence-electron chi connectivity index (χ4n) is 2.28. The van der Waals surface area contributed by atoms with Crippen molar-refractivity contribution in [2.24, 2.45) is 4.99 Å². The van der Waals surface area contributed by atoms with Crippen LogP contribution < -0.4 is 0 Å². The summed E-state index contributed by atoms with van der Waals surface area (Å²) in [6, 6.07) is 9.40. The first-order valence-electron chi connectivity index (χ1n) is 7.24. The molecule has 7 heteroatoms. The van der Waals surface area contributed by atoms with E-state index < -0.39 is 17.5 Å². The number of benzene rings is 2. The summed E-state index contributed by atoms with van der Waals surface area (Å²) in [7, 11) is 0. The summed E-state index contributed by atoms with van der Waals surface area (Å²) in [4.78, 5) is 18.1. The Bertz CT molecular complexity index is 810. The summed E-state index contributed by atoms with van der Waals surface area (Å²) < 4.78 is 40.0. The van der Waals surface area contributed by atoms with E-state index in [4.69, 9.17) is 0 Å². The van der Waals surface area contributed by atoms with Crippen molar-refractivity contribution in [1.29, 1.82) is 0 Å². The molecular formula is C17H13F3N2OS. The van der Waals surface area contributed by atoms with Crippen molar-refractivity contribution in [2.75, 3.05) is 13.1 Å². The molecule has 124 valence electrons. The van der Waals surface area contributed by atoms with Crippen LogP contribution in [-0.4, -0.2) is 29.1 Å². The Hall–Kier alpha value is -2.28. The lowest BCUT2D eigenvalue weighted by atomic mass is 10.2. The van der Waals surface area contributed by atoms with Crippen molar-refractivity contribution < 1.29 is 18.0 Å². The smallest absolute Gasteiger partial charge is 0.259 e. The zero-order valence-corrected chi connectivity index (χ0v) is 13.3. The topological polar surface area (TPSA) is 32.7 Å². The van der Waals surface area contributed by atoms with Crippen molar-refractivity contribution in [3.63, 3.8) is 0 Å². The van der Waals surface area contributed by atoms with E-state index in [1.54, 1.807) is 18.2 Å². The number of amides is 1. The van der Waals surface area contributed by atoms with Crippen LogP contribution >= 0.6 is 11.8 Å². The first-order valence-corrected chi connectivity index (χ1v) is 8.22. The lowest BCUT2D eigenvalue weighted by Gasteiger charge is -2.18. The Balaban J connectivity index is 1.72. The fraction of sp³-hybridized carbons (Fsp3) is 0.176. The van der Waals surface area contributed by atoms with Gasteiger partial charge < -0.3 is 0 Å². The van der Waals surface area contributed by atoms with Crippen LogP contribution in [0, 0.1) is 17.5 Å². The van der Waals surface area contributed by atoms with Crippen molar-refractivity contribution in [3.05, 3.63) is 71.0 Å². The van der Waals surface area contributed by atoms with Gasteiger partial charge in [0.05, 0.1) is 6.54 Å². The van der Waals surface area contributed by atoms with Gasteiger partial charge in [0.15, 0.2) is 16.8 Å². The lowest BCUT2D eigenvalue weighted by molar-refractivity contribution is 0.0860. The molecule has 2 aromatic carbocycles. The van der Waals surface area contributed by atoms with Crippen molar-refractivity contribution in [1.82, 2.24) is 4.90 Å². The summed E-state index contributed by atoms with van der Waals surface area (Å²) in [5.41, 5.74) is 0.562. The second kappa shape index (κ2) is 7.09. The third kappa shape index (κ3) is 3.46. The molecule has 0 atom stereocenters. The van der Waals surface area contributed by atoms with E-state index in [-0.39, 0.29) is 11.4 Å². The van der Waals surface area contributed by atoms with Crippen LogP contribution in [0.2, 0.25) is 0 Å². The van der Waals surface area contributed by atoms with Crippen LogP contribution in [0.5, 0.6) is 0 Å². The van der Waals surface area contributed by atoms with Crippen LogP contribution in [0.15, 0.2) is 47.5 Å². The van der Waals surface area contributed by atoms with Crippen LogP contribution in [0.25, 0.3) is 0 Å². The maximum Gasteiger partial charge on any atom is 0.259 e. The molecule has 0 saturated carbocycles. The first kappa shape index (κ1) is 16.6. The van der Waals surface area contributed by atoms with Gasteiger partial charge in [-0.3, -0.25) is 14.7 Å². The molecule has 1 amide bonds. The minimum Gasteiger partial charge on any atom is -0.286 e. The molecule has 1 aliphatic heterocycles. The van der Waals surface area contributed by atoms with Gasteiger partial charge in [-0.1, -0.05) is 30.0 Å². The number of amidine groups is 1. The quantitative estimate of drug-likeness (QED) is 0.842. The number of halogens is 3. The number of carbonyl (C=O) groups excluding carboxylic acids is 1. The van der Waals surface area contributed by atoms with Crippen molar-refractivity contribution in [2.45, 2.75) is 5.75 Å². The molecule has 3 nitrogen and oxygen atoms in total. The number of rotatable bonds is 3. The molecule has 0 saturated heterocycles. The average molecular weight is 350 g/mol. The van der Waals surface area contributed by atoms with Crippen LogP contribution in [0.1, 0.15) is 15.9 Å². The maximum atomic E-state index is 13.7. The fourth-order valence-corrected chi connectivity index (χ4v) is 3.31. The van der Waals surface area contributed by atoms with Gasteiger partial charge in [-0.2, -0.15) is 0 Å². The number of thioether (sulfide) groups is 1. The minimum atomic E-state index is -1.07. The molecule has 0 fully saturated rings. The number of carbonyl (C=O) groups is 1. The van der Waals surface area contributed by atoms with Gasteiger partial charge in [-0.25, -0.2) is 13.2 Å². The average Bonchev–Trinajstić information content (AvgIpc) is 3.04. The summed E-state index contributed by atoms with van der Waals surface area (Å²) in [6.45, 7) is 0.784. The second-order valence-corrected chi connectivity index (χ2v) is 6.07. The van der Waals surface area contributed by atoms with E-state index in [9.17, 15) is 18.0 Å². The molecule has 24 heavy (non-hydrogen) atoms. The Labute approximate surface area is 141 Å². The lowest BCUT2D eigenvalue weighted by Crippen LogP contribution is -2.33. The SMILES string of the molecule is O=C(c1ccc(F)c(F)c1)N1CCN=C1SCc1ccccc1F. The largest absolute Gasteiger partial charge is 0.286 e. The van der Waals surface area contributed by atoms with Crippen molar-refractivity contribution in [3.8, 4) is 0 Å². The van der Waals surface area contributed by atoms with Crippen molar-refractivity contribution >= 4 is 22.8 Å². The number of hydrogen-bond acceptors (Lipinski definition) is 3. The summed E-state index contributed by atoms with van der Waals surface area (Å²) >= 11 is 1.24. The molecule has 0 spiro atoms. The number of aliphatic imine (C=N–C) groups is 1. The Morgan fingerprint density at radius 1 is 1.08 bits per heavy atom. The van der Waals surface area contributed by atoms with Crippen LogP contribution in [0.4, 0.5) is 13.2 Å². The standard InChI is InChI=1S/C17H13F3N2OS/c18-13-4-2-1-3-12(13)10-24-17-21-7-8-22(17)16(23)11-5-6-14(19)15(20)9-11/h1-6,9H,7-8,10H2. The third-order valence-electron chi connectivity index (χ3n) is 3.53. The van der Waals surface area contributed by atoms with E-state index >= 15 is 0 Å². The van der Waals surface area contributed by atoms with Gasteiger partial charge in [-0.05, 0) is 29.8 Å². The Morgan fingerprint density at radius 3 is 2.62 bits per heavy atom. The molecule has 0 aliphatic carbocycles. The zero-order chi connectivity index (χ0) is 17.1. The predicted octanol–water partition coefficient (Wildman–Crippen LogP) is 3.85. The normalized spacial score (nSPS) is 14.0. The summed E-state index contributed by atoms with van der Waals surface area (Å²) in [5.74, 6) is -2.52. The van der Waals surface area contributed by atoms with E-state index in [1.807, 2.05) is 0 Å². The first-order chi connectivity index (χ1) is 11.6. The summed E-state index contributed by atoms with van der Waals surface area (Å²) in [5, 5.41) is 0.452. The summed E-state index contributed by atoms with van der Waals surface area (Å²) in [6.07, 6.45) is 0. The highest BCUT2D eigenvalue weighted by molar-refractivity contribution is 8.13. The molecule has 0 bridgehead atoms. The predicted molar refractivity (Wildman–Crippen MR) is 87.4 cm³/mol. The Morgan fingerprint density at radius 2 is 1.88 bits per heavy atom. The minimum absolute atomic E-state index is 0.0509.